The van der Waals surface area contributed by atoms with Gasteiger partial charge in [-0.3, -0.25) is 0 Å². The van der Waals surface area contributed by atoms with Gasteiger partial charge in [-0.25, -0.2) is 0 Å². The molecule has 2 aromatic rings. The van der Waals surface area contributed by atoms with Gasteiger partial charge in [0.25, 0.3) is 0 Å². The summed E-state index contributed by atoms with van der Waals surface area (Å²) in [5.41, 5.74) is 0.680. The second kappa shape index (κ2) is 4.49. The Labute approximate surface area is 145 Å². The molecule has 2 atom stereocenters. The average molecular weight is 338 g/mol. The largest absolute Gasteiger partial charge is 0.508 e. The molecule has 3 aliphatic heterocycles. The van der Waals surface area contributed by atoms with Crippen LogP contribution in [0.3, 0.4) is 0 Å². The molecule has 5 nitrogen and oxygen atoms in total. The Bertz CT molecular complexity index is 930. The molecule has 3 aliphatic rings. The Hall–Kier alpha value is -2.66. The van der Waals surface area contributed by atoms with Crippen molar-refractivity contribution in [2.45, 2.75) is 31.2 Å². The number of hydrogen-bond acceptors (Lipinski definition) is 5. The molecule has 2 N–H and O–H groups in total. The van der Waals surface area contributed by atoms with Gasteiger partial charge in [-0.15, -0.1) is 0 Å². The van der Waals surface area contributed by atoms with Crippen LogP contribution in [0.2, 0.25) is 0 Å². The minimum absolute atomic E-state index is 0.0654. The van der Waals surface area contributed by atoms with E-state index in [4.69, 9.17) is 14.2 Å². The molecule has 0 bridgehead atoms. The third-order valence-electron chi connectivity index (χ3n) is 5.02. The normalized spacial score (nSPS) is 27.1. The van der Waals surface area contributed by atoms with Gasteiger partial charge in [-0.05, 0) is 38.1 Å². The quantitative estimate of drug-likeness (QED) is 0.771. The fourth-order valence-corrected chi connectivity index (χ4v) is 3.73. The van der Waals surface area contributed by atoms with Crippen LogP contribution in [-0.4, -0.2) is 22.4 Å². The predicted octanol–water partition coefficient (Wildman–Crippen LogP) is 3.29. The van der Waals surface area contributed by atoms with E-state index in [1.807, 2.05) is 38.1 Å². The smallest absolute Gasteiger partial charge is 0.168 e. The molecule has 0 saturated heterocycles. The number of rotatable bonds is 0. The Morgan fingerprint density at radius 3 is 2.76 bits per heavy atom. The van der Waals surface area contributed by atoms with Crippen LogP contribution in [-0.2, 0) is 5.60 Å². The molecule has 0 spiro atoms. The molecule has 3 heterocycles. The summed E-state index contributed by atoms with van der Waals surface area (Å²) in [6, 6.07) is 8.59. The van der Waals surface area contributed by atoms with Gasteiger partial charge >= 0.3 is 0 Å². The lowest BCUT2D eigenvalue weighted by molar-refractivity contribution is -0.0864. The van der Waals surface area contributed by atoms with Crippen molar-refractivity contribution >= 4 is 6.08 Å². The monoisotopic (exact) mass is 338 g/mol. The van der Waals surface area contributed by atoms with Gasteiger partial charge in [-0.2, -0.15) is 0 Å². The van der Waals surface area contributed by atoms with Crippen LogP contribution in [0, 0.1) is 0 Å². The zero-order chi connectivity index (χ0) is 17.4. The molecule has 25 heavy (non-hydrogen) atoms. The van der Waals surface area contributed by atoms with Crippen molar-refractivity contribution in [3.8, 4) is 23.0 Å². The zero-order valence-electron chi connectivity index (χ0n) is 13.9. The Balaban J connectivity index is 1.63. The number of hydrogen-bond donors (Lipinski definition) is 2. The molecular formula is C20H18O5. The number of ether oxygens (including phenoxy) is 3. The molecule has 5 heteroatoms. The minimum atomic E-state index is -1.27. The van der Waals surface area contributed by atoms with E-state index >= 15 is 0 Å². The van der Waals surface area contributed by atoms with Crippen molar-refractivity contribution < 1.29 is 24.4 Å². The van der Waals surface area contributed by atoms with Gasteiger partial charge in [0, 0.05) is 28.8 Å². The van der Waals surface area contributed by atoms with E-state index in [1.165, 1.54) is 0 Å². The third kappa shape index (κ3) is 1.99. The number of phenolic OH excluding ortho intramolecular Hbond substituents is 1. The number of benzene rings is 2. The first-order chi connectivity index (χ1) is 11.9. The molecule has 0 aromatic heterocycles. The molecule has 0 amide bonds. The lowest BCUT2D eigenvalue weighted by Gasteiger charge is -2.35. The van der Waals surface area contributed by atoms with Gasteiger partial charge in [0.2, 0.25) is 0 Å². The van der Waals surface area contributed by atoms with E-state index < -0.39 is 11.7 Å². The van der Waals surface area contributed by atoms with E-state index in [0.717, 1.165) is 16.9 Å². The highest BCUT2D eigenvalue weighted by atomic mass is 16.5. The first-order valence-electron chi connectivity index (χ1n) is 8.27. The topological polar surface area (TPSA) is 68.2 Å². The van der Waals surface area contributed by atoms with Gasteiger partial charge < -0.3 is 24.4 Å². The summed E-state index contributed by atoms with van der Waals surface area (Å²) < 4.78 is 17.8. The van der Waals surface area contributed by atoms with Crippen molar-refractivity contribution in [3.63, 3.8) is 0 Å². The van der Waals surface area contributed by atoms with Crippen LogP contribution < -0.4 is 14.2 Å². The summed E-state index contributed by atoms with van der Waals surface area (Å²) in [5.74, 6) is 1.99. The molecular weight excluding hydrogens is 320 g/mol. The summed E-state index contributed by atoms with van der Waals surface area (Å²) >= 11 is 0. The van der Waals surface area contributed by atoms with Gasteiger partial charge in [0.15, 0.2) is 11.7 Å². The SMILES string of the molecule is CC1(C)C=Cc2cc3c(cc2O1)O[C@H]1c2ccc(O)cc2OC[C@@]31O. The molecule has 0 unspecified atom stereocenters. The fraction of sp³-hybridized carbons (Fsp3) is 0.300. The zero-order valence-corrected chi connectivity index (χ0v) is 13.9. The Morgan fingerprint density at radius 1 is 1.08 bits per heavy atom. The molecule has 0 saturated carbocycles. The van der Waals surface area contributed by atoms with Crippen LogP contribution in [0.15, 0.2) is 36.4 Å². The van der Waals surface area contributed by atoms with E-state index in [9.17, 15) is 10.2 Å². The molecule has 5 rings (SSSR count). The number of aliphatic hydroxyl groups is 1. The van der Waals surface area contributed by atoms with Crippen molar-refractivity contribution in [1.29, 1.82) is 0 Å². The second-order valence-corrected chi connectivity index (χ2v) is 7.36. The lowest BCUT2D eigenvalue weighted by atomic mass is 9.84. The van der Waals surface area contributed by atoms with Crippen molar-refractivity contribution in [1.82, 2.24) is 0 Å². The van der Waals surface area contributed by atoms with Crippen LogP contribution in [0.1, 0.15) is 36.6 Å². The summed E-state index contributed by atoms with van der Waals surface area (Å²) in [4.78, 5) is 0. The summed E-state index contributed by atoms with van der Waals surface area (Å²) in [7, 11) is 0. The highest BCUT2D eigenvalue weighted by Gasteiger charge is 2.53. The summed E-state index contributed by atoms with van der Waals surface area (Å²) in [6.45, 7) is 4.05. The maximum absolute atomic E-state index is 11.3. The molecule has 2 aromatic carbocycles. The average Bonchev–Trinajstić information content (AvgIpc) is 2.84. The molecule has 128 valence electrons. The standard InChI is InChI=1S/C20H18O5/c1-19(2)6-5-11-7-14-17(9-15(11)25-19)24-18-13-4-3-12(21)8-16(13)23-10-20(14,18)22/h3-9,18,21-22H,10H2,1-2H3/t18-,20+/m0/s1. The van der Waals surface area contributed by atoms with Crippen LogP contribution in [0.4, 0.5) is 0 Å². The van der Waals surface area contributed by atoms with Crippen molar-refractivity contribution in [2.75, 3.05) is 6.61 Å². The van der Waals surface area contributed by atoms with Gasteiger partial charge in [-0.1, -0.05) is 6.08 Å². The van der Waals surface area contributed by atoms with Gasteiger partial charge in [0.1, 0.15) is 35.2 Å². The summed E-state index contributed by atoms with van der Waals surface area (Å²) in [6.07, 6.45) is 3.42. The Morgan fingerprint density at radius 2 is 1.92 bits per heavy atom. The maximum atomic E-state index is 11.3. The van der Waals surface area contributed by atoms with Crippen LogP contribution in [0.5, 0.6) is 23.0 Å². The number of aromatic hydroxyl groups is 1. The first-order valence-corrected chi connectivity index (χ1v) is 8.27. The van der Waals surface area contributed by atoms with Gasteiger partial charge in [0.05, 0.1) is 0 Å². The predicted molar refractivity (Wildman–Crippen MR) is 91.1 cm³/mol. The molecule has 0 aliphatic carbocycles. The Kier molecular flexibility index (Phi) is 2.63. The first kappa shape index (κ1) is 14.7. The van der Waals surface area contributed by atoms with Crippen molar-refractivity contribution in [2.24, 2.45) is 0 Å². The van der Waals surface area contributed by atoms with E-state index in [1.54, 1.807) is 18.2 Å². The molecule has 0 fully saturated rings. The highest BCUT2D eigenvalue weighted by Crippen LogP contribution is 2.55. The molecule has 0 radical (unpaired) electrons. The minimum Gasteiger partial charge on any atom is -0.508 e. The number of fused-ring (bicyclic) bond motifs is 6. The highest BCUT2D eigenvalue weighted by molar-refractivity contribution is 5.66. The van der Waals surface area contributed by atoms with Crippen LogP contribution in [0.25, 0.3) is 6.08 Å². The fourth-order valence-electron chi connectivity index (χ4n) is 3.73. The van der Waals surface area contributed by atoms with Crippen molar-refractivity contribution in [3.05, 3.63) is 53.1 Å². The second-order valence-electron chi connectivity index (χ2n) is 7.36. The lowest BCUT2D eigenvalue weighted by Crippen LogP contribution is -2.41. The van der Waals surface area contributed by atoms with E-state index in [-0.39, 0.29) is 18.0 Å². The van der Waals surface area contributed by atoms with Crippen LogP contribution >= 0.6 is 0 Å². The van der Waals surface area contributed by atoms with E-state index in [2.05, 4.69) is 0 Å². The summed E-state index contributed by atoms with van der Waals surface area (Å²) in [5, 5.41) is 21.0. The number of phenols is 1. The third-order valence-corrected chi connectivity index (χ3v) is 5.02. The van der Waals surface area contributed by atoms with E-state index in [0.29, 0.717) is 17.1 Å². The maximum Gasteiger partial charge on any atom is 0.168 e.